The molecular formula is C18H13F2NO. The number of pyridine rings is 1. The van der Waals surface area contributed by atoms with Gasteiger partial charge in [0.2, 0.25) is 0 Å². The van der Waals surface area contributed by atoms with E-state index in [2.05, 4.69) is 4.98 Å². The first-order valence-corrected chi connectivity index (χ1v) is 6.80. The van der Waals surface area contributed by atoms with Crippen LogP contribution in [-0.2, 0) is 6.61 Å². The molecule has 3 aromatic rings. The first kappa shape index (κ1) is 14.4. The molecule has 1 N–H and O–H groups in total. The van der Waals surface area contributed by atoms with Crippen molar-refractivity contribution in [3.05, 3.63) is 78.1 Å². The van der Waals surface area contributed by atoms with E-state index in [-0.39, 0.29) is 12.4 Å². The predicted octanol–water partition coefficient (Wildman–Crippen LogP) is 4.19. The molecule has 2 aromatic carbocycles. The monoisotopic (exact) mass is 297 g/mol. The first-order chi connectivity index (χ1) is 10.7. The van der Waals surface area contributed by atoms with Crippen LogP contribution in [0.2, 0.25) is 0 Å². The lowest BCUT2D eigenvalue weighted by Crippen LogP contribution is -1.97. The van der Waals surface area contributed by atoms with E-state index in [0.717, 1.165) is 0 Å². The third-order valence-corrected chi connectivity index (χ3v) is 3.47. The maximum absolute atomic E-state index is 14.0. The van der Waals surface area contributed by atoms with Crippen molar-refractivity contribution in [3.8, 4) is 22.3 Å². The zero-order valence-electron chi connectivity index (χ0n) is 11.6. The maximum atomic E-state index is 14.0. The second kappa shape index (κ2) is 6.03. The molecule has 2 nitrogen and oxygen atoms in total. The lowest BCUT2D eigenvalue weighted by Gasteiger charge is -2.11. The Morgan fingerprint density at radius 1 is 0.818 bits per heavy atom. The minimum absolute atomic E-state index is 0.318. The zero-order chi connectivity index (χ0) is 15.5. The molecule has 0 fully saturated rings. The van der Waals surface area contributed by atoms with Crippen LogP contribution in [-0.4, -0.2) is 10.1 Å². The van der Waals surface area contributed by atoms with Gasteiger partial charge in [0.25, 0.3) is 0 Å². The summed E-state index contributed by atoms with van der Waals surface area (Å²) in [5.74, 6) is -0.787. The summed E-state index contributed by atoms with van der Waals surface area (Å²) in [5, 5.41) is 9.43. The van der Waals surface area contributed by atoms with Crippen LogP contribution < -0.4 is 0 Å². The highest BCUT2D eigenvalue weighted by Gasteiger charge is 2.13. The van der Waals surface area contributed by atoms with Crippen molar-refractivity contribution >= 4 is 0 Å². The summed E-state index contributed by atoms with van der Waals surface area (Å²) in [4.78, 5) is 4.15. The van der Waals surface area contributed by atoms with Crippen LogP contribution in [0.25, 0.3) is 22.3 Å². The molecule has 22 heavy (non-hydrogen) atoms. The van der Waals surface area contributed by atoms with Crippen LogP contribution in [0.5, 0.6) is 0 Å². The van der Waals surface area contributed by atoms with E-state index in [4.69, 9.17) is 0 Å². The molecule has 0 aliphatic carbocycles. The van der Waals surface area contributed by atoms with Gasteiger partial charge in [0.1, 0.15) is 11.6 Å². The number of benzene rings is 2. The van der Waals surface area contributed by atoms with Gasteiger partial charge in [-0.3, -0.25) is 4.98 Å². The fraction of sp³-hybridized carbons (Fsp3) is 0.0556. The lowest BCUT2D eigenvalue weighted by molar-refractivity contribution is 0.277. The van der Waals surface area contributed by atoms with Crippen molar-refractivity contribution in [2.75, 3.05) is 0 Å². The van der Waals surface area contributed by atoms with Crippen molar-refractivity contribution in [3.63, 3.8) is 0 Å². The normalized spacial score (nSPS) is 10.7. The Hall–Kier alpha value is -2.59. The number of aliphatic hydroxyl groups excluding tert-OH is 1. The van der Waals surface area contributed by atoms with Crippen molar-refractivity contribution in [2.24, 2.45) is 0 Å². The highest BCUT2D eigenvalue weighted by atomic mass is 19.1. The van der Waals surface area contributed by atoms with Gasteiger partial charge in [-0.2, -0.15) is 0 Å². The molecule has 0 atom stereocenters. The van der Waals surface area contributed by atoms with E-state index in [0.29, 0.717) is 27.9 Å². The van der Waals surface area contributed by atoms with E-state index < -0.39 is 5.82 Å². The highest BCUT2D eigenvalue weighted by molar-refractivity contribution is 5.74. The Kier molecular flexibility index (Phi) is 3.94. The predicted molar refractivity (Wildman–Crippen MR) is 80.9 cm³/mol. The quantitative estimate of drug-likeness (QED) is 0.786. The molecular weight excluding hydrogens is 284 g/mol. The maximum Gasteiger partial charge on any atom is 0.131 e. The van der Waals surface area contributed by atoms with Crippen LogP contribution in [0.15, 0.2) is 60.8 Å². The fourth-order valence-corrected chi connectivity index (χ4v) is 2.37. The topological polar surface area (TPSA) is 33.1 Å². The Morgan fingerprint density at radius 3 is 2.00 bits per heavy atom. The zero-order valence-corrected chi connectivity index (χ0v) is 11.6. The summed E-state index contributed by atoms with van der Waals surface area (Å²) < 4.78 is 27.9. The molecule has 110 valence electrons. The van der Waals surface area contributed by atoms with Gasteiger partial charge in [0.05, 0.1) is 12.3 Å². The molecule has 0 aliphatic rings. The summed E-state index contributed by atoms with van der Waals surface area (Å²) in [6, 6.07) is 14.2. The van der Waals surface area contributed by atoms with Crippen molar-refractivity contribution in [1.29, 1.82) is 0 Å². The smallest absolute Gasteiger partial charge is 0.131 e. The SMILES string of the molecule is OCc1ncc(-c2ccccc2F)cc1-c1ccccc1F. The third kappa shape index (κ3) is 2.61. The molecule has 0 unspecified atom stereocenters. The van der Waals surface area contributed by atoms with Crippen molar-refractivity contribution < 1.29 is 13.9 Å². The third-order valence-electron chi connectivity index (χ3n) is 3.47. The number of aliphatic hydroxyl groups is 1. The first-order valence-electron chi connectivity index (χ1n) is 6.80. The highest BCUT2D eigenvalue weighted by Crippen LogP contribution is 2.30. The lowest BCUT2D eigenvalue weighted by atomic mass is 9.98. The standard InChI is InChI=1S/C18H13F2NO/c19-16-7-3-1-5-13(16)12-9-15(18(11-22)21-10-12)14-6-2-4-8-17(14)20/h1-10,22H,11H2. The number of hydrogen-bond acceptors (Lipinski definition) is 2. The van der Waals surface area contributed by atoms with Gasteiger partial charge >= 0.3 is 0 Å². The molecule has 3 rings (SSSR count). The van der Waals surface area contributed by atoms with Gasteiger partial charge in [-0.15, -0.1) is 0 Å². The summed E-state index contributed by atoms with van der Waals surface area (Å²) in [5.41, 5.74) is 2.06. The molecule has 0 aliphatic heterocycles. The van der Waals surface area contributed by atoms with E-state index in [1.165, 1.54) is 18.3 Å². The van der Waals surface area contributed by atoms with Gasteiger partial charge in [0, 0.05) is 28.5 Å². The molecule has 0 amide bonds. The summed E-state index contributed by atoms with van der Waals surface area (Å²) in [6.45, 7) is -0.318. The average molecular weight is 297 g/mol. The van der Waals surface area contributed by atoms with Gasteiger partial charge in [-0.05, 0) is 18.2 Å². The van der Waals surface area contributed by atoms with E-state index in [9.17, 15) is 13.9 Å². The molecule has 0 saturated carbocycles. The minimum Gasteiger partial charge on any atom is -0.390 e. The average Bonchev–Trinajstić information content (AvgIpc) is 2.55. The number of rotatable bonds is 3. The molecule has 4 heteroatoms. The van der Waals surface area contributed by atoms with Crippen LogP contribution in [0.1, 0.15) is 5.69 Å². The van der Waals surface area contributed by atoms with E-state index >= 15 is 0 Å². The molecule has 1 heterocycles. The molecule has 0 bridgehead atoms. The van der Waals surface area contributed by atoms with Crippen LogP contribution >= 0.6 is 0 Å². The minimum atomic E-state index is -0.412. The van der Waals surface area contributed by atoms with Gasteiger partial charge < -0.3 is 5.11 Å². The van der Waals surface area contributed by atoms with E-state index in [1.54, 1.807) is 42.5 Å². The number of nitrogens with zero attached hydrogens (tertiary/aromatic N) is 1. The van der Waals surface area contributed by atoms with Crippen molar-refractivity contribution in [2.45, 2.75) is 6.61 Å². The molecule has 0 radical (unpaired) electrons. The van der Waals surface area contributed by atoms with E-state index in [1.807, 2.05) is 0 Å². The Bertz CT molecular complexity index is 818. The van der Waals surface area contributed by atoms with Gasteiger partial charge in [0.15, 0.2) is 0 Å². The van der Waals surface area contributed by atoms with Gasteiger partial charge in [-0.1, -0.05) is 36.4 Å². The number of halogens is 2. The fourth-order valence-electron chi connectivity index (χ4n) is 2.37. The second-order valence-electron chi connectivity index (χ2n) is 4.84. The van der Waals surface area contributed by atoms with Crippen LogP contribution in [0.3, 0.4) is 0 Å². The molecule has 1 aromatic heterocycles. The summed E-state index contributed by atoms with van der Waals surface area (Å²) in [6.07, 6.45) is 1.48. The Balaban J connectivity index is 2.20. The Labute approximate surface area is 126 Å². The Morgan fingerprint density at radius 2 is 1.41 bits per heavy atom. The largest absolute Gasteiger partial charge is 0.390 e. The van der Waals surface area contributed by atoms with Crippen molar-refractivity contribution in [1.82, 2.24) is 4.98 Å². The summed E-state index contributed by atoms with van der Waals surface area (Å²) >= 11 is 0. The van der Waals surface area contributed by atoms with Gasteiger partial charge in [-0.25, -0.2) is 8.78 Å². The molecule has 0 spiro atoms. The second-order valence-corrected chi connectivity index (χ2v) is 4.84. The van der Waals surface area contributed by atoms with Crippen LogP contribution in [0, 0.1) is 11.6 Å². The summed E-state index contributed by atoms with van der Waals surface area (Å²) in [7, 11) is 0. The molecule has 0 saturated heterocycles. The number of hydrogen-bond donors (Lipinski definition) is 1. The van der Waals surface area contributed by atoms with Crippen LogP contribution in [0.4, 0.5) is 8.78 Å². The number of aromatic nitrogens is 1.